The van der Waals surface area contributed by atoms with E-state index in [1.165, 1.54) is 11.8 Å². The summed E-state index contributed by atoms with van der Waals surface area (Å²) in [5, 5.41) is 3.50. The fourth-order valence-corrected chi connectivity index (χ4v) is 4.56. The summed E-state index contributed by atoms with van der Waals surface area (Å²) < 4.78 is 0. The maximum atomic E-state index is 12.8. The van der Waals surface area contributed by atoms with Gasteiger partial charge in [-0.3, -0.25) is 14.5 Å². The average molecular weight is 345 g/mol. The van der Waals surface area contributed by atoms with Crippen LogP contribution in [-0.4, -0.2) is 17.6 Å². The lowest BCUT2D eigenvalue weighted by Gasteiger charge is -2.32. The Balaban J connectivity index is 1.93. The molecule has 0 aromatic heterocycles. The predicted octanol–water partition coefficient (Wildman–Crippen LogP) is 3.53. The first-order valence-corrected chi connectivity index (χ1v) is 8.54. The molecule has 0 bridgehead atoms. The number of hydrogen-bond donors (Lipinski definition) is 1. The molecule has 116 valence electrons. The second-order valence-corrected chi connectivity index (χ2v) is 7.25. The third-order valence-corrected chi connectivity index (χ3v) is 5.80. The van der Waals surface area contributed by atoms with E-state index in [0.29, 0.717) is 10.7 Å². The van der Waals surface area contributed by atoms with Crippen LogP contribution < -0.4 is 10.2 Å². The molecule has 6 heteroatoms. The summed E-state index contributed by atoms with van der Waals surface area (Å²) in [6, 6.07) is 12.8. The van der Waals surface area contributed by atoms with Gasteiger partial charge in [0, 0.05) is 22.0 Å². The molecule has 1 saturated heterocycles. The third-order valence-electron chi connectivity index (χ3n) is 4.15. The zero-order chi connectivity index (χ0) is 16.2. The van der Waals surface area contributed by atoms with Crippen molar-refractivity contribution in [2.45, 2.75) is 11.8 Å². The molecule has 2 aromatic carbocycles. The minimum Gasteiger partial charge on any atom is -0.323 e. The highest BCUT2D eigenvalue weighted by atomic mass is 35.5. The minimum atomic E-state index is -1.04. The van der Waals surface area contributed by atoms with Gasteiger partial charge in [0.2, 0.25) is 10.8 Å². The third kappa shape index (κ3) is 2.00. The lowest BCUT2D eigenvalue weighted by atomic mass is 10.0. The quantitative estimate of drug-likeness (QED) is 0.861. The van der Waals surface area contributed by atoms with Crippen LogP contribution in [0.3, 0.4) is 0 Å². The molecule has 1 unspecified atom stereocenters. The minimum absolute atomic E-state index is 0.0816. The van der Waals surface area contributed by atoms with Crippen molar-refractivity contribution in [2.75, 3.05) is 16.0 Å². The van der Waals surface area contributed by atoms with Crippen LogP contribution in [0.1, 0.15) is 11.1 Å². The molecule has 2 amide bonds. The molecule has 1 fully saturated rings. The number of rotatable bonds is 1. The molecule has 0 aliphatic carbocycles. The summed E-state index contributed by atoms with van der Waals surface area (Å²) in [6.07, 6.45) is 0. The molecule has 1 atom stereocenters. The number of hydrogen-bond acceptors (Lipinski definition) is 3. The fourth-order valence-electron chi connectivity index (χ4n) is 3.13. The second-order valence-electron chi connectivity index (χ2n) is 5.64. The van der Waals surface area contributed by atoms with Crippen molar-refractivity contribution in [3.63, 3.8) is 0 Å². The van der Waals surface area contributed by atoms with Gasteiger partial charge >= 0.3 is 0 Å². The van der Waals surface area contributed by atoms with Crippen molar-refractivity contribution in [1.29, 1.82) is 0 Å². The van der Waals surface area contributed by atoms with Crippen LogP contribution in [0, 0.1) is 6.92 Å². The molecule has 2 heterocycles. The lowest BCUT2D eigenvalue weighted by molar-refractivity contribution is -0.122. The zero-order valence-corrected chi connectivity index (χ0v) is 13.9. The Labute approximate surface area is 142 Å². The molecule has 1 spiro atoms. The number of carbonyl (C=O) groups is 2. The molecule has 0 saturated carbocycles. The van der Waals surface area contributed by atoms with Gasteiger partial charge in [-0.05, 0) is 37.3 Å². The standard InChI is InChI=1S/C17H13ClN2O2S/c1-10-2-7-14-13(8-10)17(16(22)19-14)20(15(21)9-23-17)12-5-3-11(18)4-6-12/h2-8H,9H2,1H3,(H,19,22). The Hall–Kier alpha value is -1.98. The molecule has 4 rings (SSSR count). The number of carbonyl (C=O) groups excluding carboxylic acids is 2. The monoisotopic (exact) mass is 344 g/mol. The Morgan fingerprint density at radius 1 is 1.17 bits per heavy atom. The van der Waals surface area contributed by atoms with Gasteiger partial charge in [0.1, 0.15) is 0 Å². The van der Waals surface area contributed by atoms with Crippen LogP contribution in [-0.2, 0) is 14.5 Å². The molecular formula is C17H13ClN2O2S. The van der Waals surface area contributed by atoms with Crippen molar-refractivity contribution in [3.8, 4) is 0 Å². The predicted molar refractivity (Wildman–Crippen MR) is 92.9 cm³/mol. The van der Waals surface area contributed by atoms with Crippen LogP contribution in [0.15, 0.2) is 42.5 Å². The molecule has 1 N–H and O–H groups in total. The maximum absolute atomic E-state index is 12.8. The van der Waals surface area contributed by atoms with E-state index in [1.54, 1.807) is 29.2 Å². The number of nitrogens with one attached hydrogen (secondary N) is 1. The van der Waals surface area contributed by atoms with Crippen molar-refractivity contribution >= 4 is 46.6 Å². The number of amides is 2. The number of thioether (sulfide) groups is 1. The van der Waals surface area contributed by atoms with Gasteiger partial charge in [-0.25, -0.2) is 0 Å². The SMILES string of the molecule is Cc1ccc2c(c1)C1(SCC(=O)N1c1ccc(Cl)cc1)C(=O)N2. The summed E-state index contributed by atoms with van der Waals surface area (Å²) >= 11 is 7.31. The number of aryl methyl sites for hydroxylation is 1. The number of anilines is 2. The van der Waals surface area contributed by atoms with Crippen LogP contribution in [0.5, 0.6) is 0 Å². The molecule has 0 radical (unpaired) electrons. The van der Waals surface area contributed by atoms with E-state index >= 15 is 0 Å². The van der Waals surface area contributed by atoms with Gasteiger partial charge in [0.25, 0.3) is 5.91 Å². The topological polar surface area (TPSA) is 49.4 Å². The van der Waals surface area contributed by atoms with E-state index in [9.17, 15) is 9.59 Å². The Kier molecular flexibility index (Phi) is 3.18. The summed E-state index contributed by atoms with van der Waals surface area (Å²) in [4.78, 5) is 25.9. The van der Waals surface area contributed by atoms with Crippen molar-refractivity contribution < 1.29 is 9.59 Å². The van der Waals surface area contributed by atoms with E-state index in [2.05, 4.69) is 5.32 Å². The zero-order valence-electron chi connectivity index (χ0n) is 12.3. The molecular weight excluding hydrogens is 332 g/mol. The number of benzene rings is 2. The first-order chi connectivity index (χ1) is 11.0. The van der Waals surface area contributed by atoms with E-state index in [1.807, 2.05) is 25.1 Å². The Morgan fingerprint density at radius 3 is 2.65 bits per heavy atom. The van der Waals surface area contributed by atoms with Crippen LogP contribution in [0.25, 0.3) is 0 Å². The van der Waals surface area contributed by atoms with Gasteiger partial charge in [0.15, 0.2) is 0 Å². The largest absolute Gasteiger partial charge is 0.323 e. The Bertz CT molecular complexity index is 837. The summed E-state index contributed by atoms with van der Waals surface area (Å²) in [7, 11) is 0. The van der Waals surface area contributed by atoms with E-state index < -0.39 is 4.87 Å². The number of fused-ring (bicyclic) bond motifs is 2. The highest BCUT2D eigenvalue weighted by Crippen LogP contribution is 2.53. The van der Waals surface area contributed by atoms with Crippen LogP contribution >= 0.6 is 23.4 Å². The number of nitrogens with zero attached hydrogens (tertiary/aromatic N) is 1. The molecule has 2 aliphatic rings. The molecule has 2 aromatic rings. The lowest BCUT2D eigenvalue weighted by Crippen LogP contribution is -2.47. The highest BCUT2D eigenvalue weighted by molar-refractivity contribution is 8.02. The molecule has 2 aliphatic heterocycles. The maximum Gasteiger partial charge on any atom is 0.266 e. The summed E-state index contributed by atoms with van der Waals surface area (Å²) in [5.41, 5.74) is 3.33. The van der Waals surface area contributed by atoms with E-state index in [-0.39, 0.29) is 17.6 Å². The van der Waals surface area contributed by atoms with Gasteiger partial charge in [-0.1, -0.05) is 29.3 Å². The van der Waals surface area contributed by atoms with Gasteiger partial charge in [0.05, 0.1) is 5.75 Å². The van der Waals surface area contributed by atoms with E-state index in [4.69, 9.17) is 11.6 Å². The fraction of sp³-hybridized carbons (Fsp3) is 0.176. The molecule has 4 nitrogen and oxygen atoms in total. The highest BCUT2D eigenvalue weighted by Gasteiger charge is 2.58. The van der Waals surface area contributed by atoms with Crippen molar-refractivity contribution in [2.24, 2.45) is 0 Å². The average Bonchev–Trinajstić information content (AvgIpc) is 3.01. The Morgan fingerprint density at radius 2 is 1.91 bits per heavy atom. The summed E-state index contributed by atoms with van der Waals surface area (Å²) in [6.45, 7) is 1.98. The summed E-state index contributed by atoms with van der Waals surface area (Å²) in [5.74, 6) is 0.00871. The van der Waals surface area contributed by atoms with Crippen molar-refractivity contribution in [1.82, 2.24) is 0 Å². The first kappa shape index (κ1) is 14.6. The van der Waals surface area contributed by atoms with Gasteiger partial charge in [-0.2, -0.15) is 0 Å². The number of halogens is 1. The smallest absolute Gasteiger partial charge is 0.266 e. The van der Waals surface area contributed by atoms with Gasteiger partial charge < -0.3 is 5.32 Å². The molecule has 23 heavy (non-hydrogen) atoms. The first-order valence-electron chi connectivity index (χ1n) is 7.17. The second kappa shape index (κ2) is 5.01. The van der Waals surface area contributed by atoms with Crippen molar-refractivity contribution in [3.05, 3.63) is 58.6 Å². The van der Waals surface area contributed by atoms with Crippen LogP contribution in [0.4, 0.5) is 11.4 Å². The van der Waals surface area contributed by atoms with E-state index in [0.717, 1.165) is 16.8 Å². The normalized spacial score (nSPS) is 22.6. The van der Waals surface area contributed by atoms with Crippen LogP contribution in [0.2, 0.25) is 5.02 Å². The van der Waals surface area contributed by atoms with Gasteiger partial charge in [-0.15, -0.1) is 11.8 Å².